The van der Waals surface area contributed by atoms with Crippen LogP contribution in [0.4, 0.5) is 0 Å². The maximum absolute atomic E-state index is 10.9. The van der Waals surface area contributed by atoms with Crippen LogP contribution >= 0.6 is 12.2 Å². The lowest BCUT2D eigenvalue weighted by Gasteiger charge is -2.17. The molecule has 0 radical (unpaired) electrons. The lowest BCUT2D eigenvalue weighted by molar-refractivity contribution is -0.137. The van der Waals surface area contributed by atoms with Gasteiger partial charge < -0.3 is 5.32 Å². The standard InChI is InChI=1S/C7H10N2O3S/c1-4(10)8-7(13)9(5(2)11)6(3)12/h1-3H3,(H,8,10,13). The van der Waals surface area contributed by atoms with Crippen molar-refractivity contribution in [3.63, 3.8) is 0 Å². The molecule has 0 unspecified atom stereocenters. The number of nitrogens with one attached hydrogen (secondary N) is 1. The maximum atomic E-state index is 10.9. The molecule has 0 bridgehead atoms. The Kier molecular flexibility index (Phi) is 4.19. The molecular weight excluding hydrogens is 192 g/mol. The van der Waals surface area contributed by atoms with Crippen molar-refractivity contribution in [1.82, 2.24) is 10.2 Å². The minimum absolute atomic E-state index is 0.187. The van der Waals surface area contributed by atoms with Crippen molar-refractivity contribution >= 4 is 35.1 Å². The van der Waals surface area contributed by atoms with E-state index in [-0.39, 0.29) is 5.11 Å². The van der Waals surface area contributed by atoms with Crippen LogP contribution in [-0.2, 0) is 14.4 Å². The third-order valence-corrected chi connectivity index (χ3v) is 1.40. The quantitative estimate of drug-likeness (QED) is 0.552. The first-order valence-corrected chi connectivity index (χ1v) is 3.90. The predicted octanol–water partition coefficient (Wildman–Crippen LogP) is -0.198. The largest absolute Gasteiger partial charge is 0.303 e. The Labute approximate surface area is 81.1 Å². The zero-order chi connectivity index (χ0) is 10.6. The maximum Gasteiger partial charge on any atom is 0.232 e. The summed E-state index contributed by atoms with van der Waals surface area (Å²) < 4.78 is 0. The molecule has 0 spiro atoms. The Morgan fingerprint density at radius 2 is 1.46 bits per heavy atom. The number of hydrogen-bond acceptors (Lipinski definition) is 4. The number of rotatable bonds is 0. The van der Waals surface area contributed by atoms with Gasteiger partial charge in [0.25, 0.3) is 0 Å². The second kappa shape index (κ2) is 4.66. The second-order valence-corrected chi connectivity index (χ2v) is 2.75. The van der Waals surface area contributed by atoms with E-state index >= 15 is 0 Å². The molecular formula is C7H10N2O3S. The monoisotopic (exact) mass is 202 g/mol. The second-order valence-electron chi connectivity index (χ2n) is 2.36. The first-order valence-electron chi connectivity index (χ1n) is 3.49. The molecule has 0 fully saturated rings. The van der Waals surface area contributed by atoms with Gasteiger partial charge in [-0.05, 0) is 12.2 Å². The van der Waals surface area contributed by atoms with Crippen molar-refractivity contribution < 1.29 is 14.4 Å². The van der Waals surface area contributed by atoms with Crippen molar-refractivity contribution in [2.45, 2.75) is 20.8 Å². The van der Waals surface area contributed by atoms with Gasteiger partial charge in [-0.1, -0.05) is 0 Å². The average Bonchev–Trinajstić information content (AvgIpc) is 1.81. The number of carbonyl (C=O) groups excluding carboxylic acids is 3. The molecule has 0 aromatic carbocycles. The Bertz CT molecular complexity index is 261. The van der Waals surface area contributed by atoms with Crippen LogP contribution in [0.3, 0.4) is 0 Å². The summed E-state index contributed by atoms with van der Waals surface area (Å²) in [5, 5.41) is 1.99. The van der Waals surface area contributed by atoms with Crippen molar-refractivity contribution in [1.29, 1.82) is 0 Å². The van der Waals surface area contributed by atoms with E-state index in [0.717, 1.165) is 4.90 Å². The van der Waals surface area contributed by atoms with Gasteiger partial charge in [-0.15, -0.1) is 0 Å². The van der Waals surface area contributed by atoms with E-state index in [2.05, 4.69) is 17.5 Å². The van der Waals surface area contributed by atoms with Gasteiger partial charge >= 0.3 is 0 Å². The van der Waals surface area contributed by atoms with Gasteiger partial charge in [-0.25, -0.2) is 4.90 Å². The molecule has 0 aliphatic rings. The fourth-order valence-corrected chi connectivity index (χ4v) is 1.12. The van der Waals surface area contributed by atoms with Crippen molar-refractivity contribution in [2.24, 2.45) is 0 Å². The van der Waals surface area contributed by atoms with Crippen LogP contribution in [0, 0.1) is 0 Å². The Balaban J connectivity index is 4.57. The predicted molar refractivity (Wildman–Crippen MR) is 49.6 cm³/mol. The number of amides is 3. The summed E-state index contributed by atoms with van der Waals surface area (Å²) in [6.45, 7) is 3.62. The van der Waals surface area contributed by atoms with Crippen LogP contribution in [0.2, 0.25) is 0 Å². The molecule has 0 saturated heterocycles. The van der Waals surface area contributed by atoms with Crippen LogP contribution in [0.1, 0.15) is 20.8 Å². The third kappa shape index (κ3) is 3.75. The SMILES string of the molecule is CC(=O)NC(=S)N(C(C)=O)C(C)=O. The highest BCUT2D eigenvalue weighted by Gasteiger charge is 2.19. The smallest absolute Gasteiger partial charge is 0.232 e. The highest BCUT2D eigenvalue weighted by atomic mass is 32.1. The van der Waals surface area contributed by atoms with E-state index in [9.17, 15) is 14.4 Å². The fraction of sp³-hybridized carbons (Fsp3) is 0.429. The van der Waals surface area contributed by atoms with E-state index in [1.54, 1.807) is 0 Å². The topological polar surface area (TPSA) is 66.5 Å². The summed E-state index contributed by atoms with van der Waals surface area (Å²) in [6.07, 6.45) is 0. The van der Waals surface area contributed by atoms with Crippen LogP contribution in [0.25, 0.3) is 0 Å². The van der Waals surface area contributed by atoms with Gasteiger partial charge in [-0.3, -0.25) is 14.4 Å². The highest BCUT2D eigenvalue weighted by molar-refractivity contribution is 7.80. The molecule has 0 aliphatic carbocycles. The van der Waals surface area contributed by atoms with Crippen LogP contribution in [0.5, 0.6) is 0 Å². The molecule has 0 aromatic rings. The van der Waals surface area contributed by atoms with E-state index in [1.807, 2.05) is 0 Å². The molecule has 1 N–H and O–H groups in total. The summed E-state index contributed by atoms with van der Waals surface area (Å²) >= 11 is 4.66. The zero-order valence-electron chi connectivity index (χ0n) is 7.58. The van der Waals surface area contributed by atoms with Gasteiger partial charge in [0.05, 0.1) is 0 Å². The van der Waals surface area contributed by atoms with Crippen molar-refractivity contribution in [3.05, 3.63) is 0 Å². The highest BCUT2D eigenvalue weighted by Crippen LogP contribution is 1.92. The molecule has 6 heteroatoms. The van der Waals surface area contributed by atoms with Crippen molar-refractivity contribution in [3.8, 4) is 0 Å². The molecule has 0 aromatic heterocycles. The molecule has 0 rings (SSSR count). The van der Waals surface area contributed by atoms with Gasteiger partial charge in [-0.2, -0.15) is 0 Å². The Morgan fingerprint density at radius 1 is 1.08 bits per heavy atom. The zero-order valence-corrected chi connectivity index (χ0v) is 8.40. The molecule has 0 heterocycles. The number of imide groups is 1. The fourth-order valence-electron chi connectivity index (χ4n) is 0.714. The number of carbonyl (C=O) groups is 3. The summed E-state index contributed by atoms with van der Waals surface area (Å²) in [4.78, 5) is 33.0. The Hall–Kier alpha value is -1.30. The first kappa shape index (κ1) is 11.7. The third-order valence-electron chi connectivity index (χ3n) is 1.12. The minimum Gasteiger partial charge on any atom is -0.303 e. The Morgan fingerprint density at radius 3 is 1.69 bits per heavy atom. The summed E-state index contributed by atoms with van der Waals surface area (Å²) in [5.41, 5.74) is 0. The van der Waals surface area contributed by atoms with Crippen molar-refractivity contribution in [2.75, 3.05) is 0 Å². The number of nitrogens with zero attached hydrogens (tertiary/aromatic N) is 1. The lowest BCUT2D eigenvalue weighted by Crippen LogP contribution is -2.46. The van der Waals surface area contributed by atoms with Gasteiger partial charge in [0.15, 0.2) is 5.11 Å². The average molecular weight is 202 g/mol. The van der Waals surface area contributed by atoms with Gasteiger partial charge in [0.2, 0.25) is 17.7 Å². The van der Waals surface area contributed by atoms with Crippen LogP contribution in [0.15, 0.2) is 0 Å². The van der Waals surface area contributed by atoms with E-state index in [0.29, 0.717) is 0 Å². The van der Waals surface area contributed by atoms with E-state index < -0.39 is 17.7 Å². The molecule has 0 aliphatic heterocycles. The van der Waals surface area contributed by atoms with Crippen LogP contribution in [-0.4, -0.2) is 27.7 Å². The molecule has 0 atom stereocenters. The molecule has 72 valence electrons. The van der Waals surface area contributed by atoms with E-state index in [1.165, 1.54) is 20.8 Å². The molecule has 5 nitrogen and oxygen atoms in total. The van der Waals surface area contributed by atoms with Crippen LogP contribution < -0.4 is 5.32 Å². The summed E-state index contributed by atoms with van der Waals surface area (Å²) in [5.74, 6) is -1.46. The normalized spacial score (nSPS) is 8.85. The molecule has 13 heavy (non-hydrogen) atoms. The number of hydrogen-bond donors (Lipinski definition) is 1. The summed E-state index contributed by atoms with van der Waals surface area (Å²) in [6, 6.07) is 0. The van der Waals surface area contributed by atoms with Gasteiger partial charge in [0, 0.05) is 20.8 Å². The van der Waals surface area contributed by atoms with E-state index in [4.69, 9.17) is 0 Å². The first-order chi connectivity index (χ1) is 5.86. The van der Waals surface area contributed by atoms with Gasteiger partial charge in [0.1, 0.15) is 0 Å². The minimum atomic E-state index is -0.522. The molecule has 3 amide bonds. The lowest BCUT2D eigenvalue weighted by atomic mass is 10.5. The number of thiocarbonyl (C=S) groups is 1. The molecule has 0 saturated carbocycles. The summed E-state index contributed by atoms with van der Waals surface area (Å²) in [7, 11) is 0.